The van der Waals surface area contributed by atoms with Gasteiger partial charge in [-0.2, -0.15) is 0 Å². The molecule has 36 heavy (non-hydrogen) atoms. The first-order valence-corrected chi connectivity index (χ1v) is 11.6. The van der Waals surface area contributed by atoms with E-state index >= 15 is 0 Å². The maximum atomic E-state index is 12.8. The molecule has 2 atom stereocenters. The van der Waals surface area contributed by atoms with Crippen LogP contribution in [0.2, 0.25) is 0 Å². The lowest BCUT2D eigenvalue weighted by Crippen LogP contribution is -2.48. The van der Waals surface area contributed by atoms with Crippen LogP contribution in [0.4, 0.5) is 11.6 Å². The van der Waals surface area contributed by atoms with Crippen LogP contribution in [0.3, 0.4) is 0 Å². The molecule has 16 N–H and O–H groups in total. The molecule has 16 heteroatoms. The largest absolute Gasteiger partial charge is 0.382 e. The first-order valence-electron chi connectivity index (χ1n) is 11.6. The first kappa shape index (κ1) is 30.4. The molecule has 0 saturated carbocycles. The normalized spacial score (nSPS) is 12.3. The third-order valence-corrected chi connectivity index (χ3v) is 4.90. The molecule has 0 aliphatic rings. The number of nitrogens with one attached hydrogen (secondary N) is 4. The van der Waals surface area contributed by atoms with E-state index in [-0.39, 0.29) is 50.4 Å². The van der Waals surface area contributed by atoms with Crippen molar-refractivity contribution in [1.82, 2.24) is 31.2 Å². The number of aromatic nitrogens is 2. The topological polar surface area (TPSA) is 298 Å². The van der Waals surface area contributed by atoms with Crippen molar-refractivity contribution < 1.29 is 19.2 Å². The van der Waals surface area contributed by atoms with Crippen LogP contribution >= 0.6 is 0 Å². The van der Waals surface area contributed by atoms with Crippen molar-refractivity contribution in [2.45, 2.75) is 37.8 Å². The Morgan fingerprint density at radius 3 is 1.31 bits per heavy atom. The summed E-state index contributed by atoms with van der Waals surface area (Å²) >= 11 is 0. The fraction of sp³-hybridized carbons (Fsp3) is 0.600. The van der Waals surface area contributed by atoms with Gasteiger partial charge >= 0.3 is 0 Å². The van der Waals surface area contributed by atoms with Gasteiger partial charge in [-0.1, -0.05) is 0 Å². The molecule has 1 aromatic heterocycles. The molecule has 1 heterocycles. The van der Waals surface area contributed by atoms with Gasteiger partial charge in [0, 0.05) is 26.2 Å². The maximum Gasteiger partial charge on any atom is 0.274 e. The molecule has 0 bridgehead atoms. The van der Waals surface area contributed by atoms with Crippen molar-refractivity contribution in [1.29, 1.82) is 0 Å². The van der Waals surface area contributed by atoms with Crippen LogP contribution in [0.15, 0.2) is 0 Å². The molecule has 0 aromatic carbocycles. The van der Waals surface area contributed by atoms with Crippen LogP contribution in [0.1, 0.15) is 46.7 Å². The molecule has 16 nitrogen and oxygen atoms in total. The molecule has 4 amide bonds. The Bertz CT molecular complexity index is 826. The molecule has 0 aliphatic heterocycles. The molecule has 1 aromatic rings. The van der Waals surface area contributed by atoms with Crippen LogP contribution in [0, 0.1) is 0 Å². The minimum absolute atomic E-state index is 0.225. The van der Waals surface area contributed by atoms with Crippen LogP contribution in [-0.4, -0.2) is 84.9 Å². The van der Waals surface area contributed by atoms with Crippen molar-refractivity contribution >= 4 is 35.3 Å². The fourth-order valence-corrected chi connectivity index (χ4v) is 3.07. The summed E-state index contributed by atoms with van der Waals surface area (Å²) < 4.78 is 0. The molecule has 0 fully saturated rings. The van der Waals surface area contributed by atoms with Gasteiger partial charge in [0.05, 0.1) is 0 Å². The number of rotatable bonds is 16. The second-order valence-electron chi connectivity index (χ2n) is 7.76. The van der Waals surface area contributed by atoms with Crippen molar-refractivity contribution in [2.24, 2.45) is 22.9 Å². The Hall–Kier alpha value is -3.60. The maximum absolute atomic E-state index is 12.8. The summed E-state index contributed by atoms with van der Waals surface area (Å²) in [6.07, 6.45) is 1.46. The van der Waals surface area contributed by atoms with Crippen molar-refractivity contribution in [3.8, 4) is 0 Å². The van der Waals surface area contributed by atoms with Crippen LogP contribution < -0.4 is 55.7 Å². The Balaban J connectivity index is 3.05. The van der Waals surface area contributed by atoms with Crippen LogP contribution in [0.5, 0.6) is 0 Å². The van der Waals surface area contributed by atoms with E-state index in [2.05, 4.69) is 31.2 Å². The number of amides is 4. The Labute approximate surface area is 209 Å². The lowest BCUT2D eigenvalue weighted by atomic mass is 10.1. The quantitative estimate of drug-likeness (QED) is 0.100. The molecule has 1 rings (SSSR count). The van der Waals surface area contributed by atoms with Gasteiger partial charge in [-0.05, 0) is 38.8 Å². The zero-order valence-electron chi connectivity index (χ0n) is 20.2. The number of hydrogen-bond donors (Lipinski definition) is 10. The second-order valence-corrected chi connectivity index (χ2v) is 7.76. The molecule has 0 radical (unpaired) electrons. The summed E-state index contributed by atoms with van der Waals surface area (Å²) in [5.41, 5.74) is 32.9. The zero-order valence-corrected chi connectivity index (χ0v) is 20.2. The van der Waals surface area contributed by atoms with E-state index in [1.807, 2.05) is 0 Å². The van der Waals surface area contributed by atoms with Gasteiger partial charge in [-0.15, -0.1) is 0 Å². The SMILES string of the molecule is NCCCC(NC(=O)c1nc(N)c(C(=O)NC(CCCN)C(=O)NCCN)nc1N)C(=O)NCCN. The second kappa shape index (κ2) is 16.1. The minimum atomic E-state index is -0.923. The highest BCUT2D eigenvalue weighted by molar-refractivity contribution is 6.03. The fourth-order valence-electron chi connectivity index (χ4n) is 3.07. The first-order chi connectivity index (χ1) is 17.2. The van der Waals surface area contributed by atoms with Crippen LogP contribution in [-0.2, 0) is 9.59 Å². The third-order valence-electron chi connectivity index (χ3n) is 4.90. The Kier molecular flexibility index (Phi) is 13.6. The van der Waals surface area contributed by atoms with Gasteiger partial charge in [0.2, 0.25) is 11.8 Å². The van der Waals surface area contributed by atoms with E-state index in [1.165, 1.54) is 0 Å². The van der Waals surface area contributed by atoms with E-state index in [1.54, 1.807) is 0 Å². The summed E-state index contributed by atoms with van der Waals surface area (Å²) in [7, 11) is 0. The van der Waals surface area contributed by atoms with Gasteiger partial charge in [0.15, 0.2) is 23.0 Å². The predicted octanol–water partition coefficient (Wildman–Crippen LogP) is -4.53. The molecule has 202 valence electrons. The number of anilines is 2. The lowest BCUT2D eigenvalue weighted by molar-refractivity contribution is -0.123. The number of nitrogen functional groups attached to an aromatic ring is 2. The van der Waals surface area contributed by atoms with Gasteiger partial charge in [-0.25, -0.2) is 9.97 Å². The molecular weight excluding hydrogens is 472 g/mol. The summed E-state index contributed by atoms with van der Waals surface area (Å²) in [6, 6.07) is -1.85. The van der Waals surface area contributed by atoms with Gasteiger partial charge < -0.3 is 55.7 Å². The standard InChI is InChI=1S/C20H38N12O4/c21-5-1-3-11(17(33)27-9-7-23)29-19(35)13-15(25)32-14(16(26)31-13)20(36)30-12(4-2-6-22)18(34)28-10-8-24/h11-12H,1-10,21-24H2,(H2,26,31)(H2,25,32)(H,27,33)(H,28,34)(H,29,35)(H,30,36). The Morgan fingerprint density at radius 2 is 1.00 bits per heavy atom. The number of carbonyl (C=O) groups is 4. The highest BCUT2D eigenvalue weighted by atomic mass is 16.2. The van der Waals surface area contributed by atoms with Crippen molar-refractivity contribution in [2.75, 3.05) is 50.7 Å². The zero-order chi connectivity index (χ0) is 27.1. The van der Waals surface area contributed by atoms with Gasteiger partial charge in [-0.3, -0.25) is 19.2 Å². The smallest absolute Gasteiger partial charge is 0.274 e. The van der Waals surface area contributed by atoms with E-state index in [4.69, 9.17) is 34.4 Å². The summed E-state index contributed by atoms with van der Waals surface area (Å²) in [6.45, 7) is 1.52. The number of carbonyl (C=O) groups excluding carboxylic acids is 4. The number of hydrogen-bond acceptors (Lipinski definition) is 12. The molecular formula is C20H38N12O4. The lowest BCUT2D eigenvalue weighted by Gasteiger charge is -2.19. The third kappa shape index (κ3) is 9.57. The van der Waals surface area contributed by atoms with Crippen molar-refractivity contribution in [3.63, 3.8) is 0 Å². The summed E-state index contributed by atoms with van der Waals surface area (Å²) in [5.74, 6) is -3.31. The minimum Gasteiger partial charge on any atom is -0.382 e. The average molecular weight is 511 g/mol. The van der Waals surface area contributed by atoms with E-state index in [0.717, 1.165) is 0 Å². The number of nitrogens with zero attached hydrogens (tertiary/aromatic N) is 2. The Morgan fingerprint density at radius 1 is 0.639 bits per heavy atom. The number of nitrogens with two attached hydrogens (primary N) is 6. The van der Waals surface area contributed by atoms with Crippen molar-refractivity contribution in [3.05, 3.63) is 11.4 Å². The van der Waals surface area contributed by atoms with E-state index in [9.17, 15) is 19.2 Å². The summed E-state index contributed by atoms with van der Waals surface area (Å²) in [4.78, 5) is 58.1. The molecule has 0 spiro atoms. The molecule has 0 saturated heterocycles. The highest BCUT2D eigenvalue weighted by Gasteiger charge is 2.27. The highest BCUT2D eigenvalue weighted by Crippen LogP contribution is 2.14. The monoisotopic (exact) mass is 510 g/mol. The average Bonchev–Trinajstić information content (AvgIpc) is 2.86. The molecule has 2 unspecified atom stereocenters. The van der Waals surface area contributed by atoms with E-state index in [0.29, 0.717) is 25.9 Å². The van der Waals surface area contributed by atoms with E-state index < -0.39 is 47.3 Å². The van der Waals surface area contributed by atoms with Gasteiger partial charge in [0.25, 0.3) is 11.8 Å². The predicted molar refractivity (Wildman–Crippen MR) is 134 cm³/mol. The molecule has 0 aliphatic carbocycles. The van der Waals surface area contributed by atoms with Crippen LogP contribution in [0.25, 0.3) is 0 Å². The summed E-state index contributed by atoms with van der Waals surface area (Å²) in [5, 5.41) is 10.2. The van der Waals surface area contributed by atoms with Gasteiger partial charge in [0.1, 0.15) is 12.1 Å².